The summed E-state index contributed by atoms with van der Waals surface area (Å²) in [5.74, 6) is -1.13. The fourth-order valence-corrected chi connectivity index (χ4v) is 2.77. The van der Waals surface area contributed by atoms with Gasteiger partial charge in [0.1, 0.15) is 23.9 Å². The molecule has 0 unspecified atom stereocenters. The van der Waals surface area contributed by atoms with Crippen molar-refractivity contribution in [3.05, 3.63) is 11.1 Å². The lowest BCUT2D eigenvalue weighted by Gasteiger charge is -2.21. The monoisotopic (exact) mass is 240 g/mol. The molecule has 92 valence electrons. The minimum Gasteiger partial charge on any atom is -0.466 e. The highest BCUT2D eigenvalue weighted by atomic mass is 16.7. The van der Waals surface area contributed by atoms with Gasteiger partial charge in [-0.05, 0) is 6.92 Å². The molecule has 3 heterocycles. The lowest BCUT2D eigenvalue weighted by atomic mass is 9.83. The van der Waals surface area contributed by atoms with E-state index in [1.807, 2.05) is 0 Å². The van der Waals surface area contributed by atoms with Crippen molar-refractivity contribution in [1.82, 2.24) is 0 Å². The number of hydrogen-bond acceptors (Lipinski definition) is 6. The van der Waals surface area contributed by atoms with Crippen molar-refractivity contribution >= 4 is 11.9 Å². The second-order valence-electron chi connectivity index (χ2n) is 4.44. The number of carbonyl (C=O) groups excluding carboxylic acids is 2. The summed E-state index contributed by atoms with van der Waals surface area (Å²) in [7, 11) is 2.54. The van der Waals surface area contributed by atoms with E-state index in [9.17, 15) is 9.59 Å². The van der Waals surface area contributed by atoms with E-state index >= 15 is 0 Å². The first-order chi connectivity index (χ1) is 8.04. The maximum absolute atomic E-state index is 11.8. The highest BCUT2D eigenvalue weighted by molar-refractivity contribution is 6.04. The van der Waals surface area contributed by atoms with E-state index in [-0.39, 0.29) is 23.4 Å². The summed E-state index contributed by atoms with van der Waals surface area (Å²) in [6, 6.07) is 0. The van der Waals surface area contributed by atoms with Gasteiger partial charge in [0, 0.05) is 0 Å². The van der Waals surface area contributed by atoms with Gasteiger partial charge in [-0.1, -0.05) is 0 Å². The molecule has 0 amide bonds. The van der Waals surface area contributed by atoms with Gasteiger partial charge in [-0.15, -0.1) is 0 Å². The molecule has 2 bridgehead atoms. The van der Waals surface area contributed by atoms with Crippen LogP contribution in [0.1, 0.15) is 6.92 Å². The van der Waals surface area contributed by atoms with Crippen LogP contribution in [0.2, 0.25) is 0 Å². The highest BCUT2D eigenvalue weighted by Gasteiger charge is 2.73. The zero-order chi connectivity index (χ0) is 12.4. The van der Waals surface area contributed by atoms with E-state index < -0.39 is 23.6 Å². The molecule has 4 atom stereocenters. The number of methoxy groups -OCH3 is 2. The first-order valence-corrected chi connectivity index (χ1v) is 5.29. The Morgan fingerprint density at radius 2 is 1.88 bits per heavy atom. The molecule has 0 aromatic carbocycles. The van der Waals surface area contributed by atoms with E-state index in [1.54, 1.807) is 6.92 Å². The van der Waals surface area contributed by atoms with Crippen LogP contribution in [0.25, 0.3) is 0 Å². The summed E-state index contributed by atoms with van der Waals surface area (Å²) in [6.07, 6.45) is -0.802. The first-order valence-electron chi connectivity index (χ1n) is 5.29. The predicted octanol–water partition coefficient (Wildman–Crippen LogP) is -0.433. The summed E-state index contributed by atoms with van der Waals surface area (Å²) in [5.41, 5.74) is -0.414. The van der Waals surface area contributed by atoms with Crippen molar-refractivity contribution in [3.63, 3.8) is 0 Å². The zero-order valence-corrected chi connectivity index (χ0v) is 9.68. The molecule has 0 aromatic heterocycles. The molecular formula is C11H12O6. The molecule has 3 rings (SSSR count). The Bertz CT molecular complexity index is 453. The van der Waals surface area contributed by atoms with Crippen LogP contribution in [0.15, 0.2) is 11.1 Å². The topological polar surface area (TPSA) is 74.4 Å². The third kappa shape index (κ3) is 1.11. The molecule has 2 fully saturated rings. The quantitative estimate of drug-likeness (QED) is 0.481. The van der Waals surface area contributed by atoms with Crippen LogP contribution in [0.5, 0.6) is 0 Å². The van der Waals surface area contributed by atoms with Gasteiger partial charge in [-0.25, -0.2) is 9.59 Å². The SMILES string of the molecule is COC(=O)C1=C(C(=O)OC)[C@]2(C)O[C@@H]1[C@@H]1O[C@@H]12. The number of carbonyl (C=O) groups is 2. The Morgan fingerprint density at radius 3 is 2.47 bits per heavy atom. The largest absolute Gasteiger partial charge is 0.466 e. The van der Waals surface area contributed by atoms with Crippen molar-refractivity contribution in [2.45, 2.75) is 30.8 Å². The summed E-state index contributed by atoms with van der Waals surface area (Å²) >= 11 is 0. The molecular weight excluding hydrogens is 228 g/mol. The number of epoxide rings is 1. The summed E-state index contributed by atoms with van der Waals surface area (Å²) < 4.78 is 20.5. The van der Waals surface area contributed by atoms with Gasteiger partial charge in [0.05, 0.1) is 25.4 Å². The van der Waals surface area contributed by atoms with Crippen LogP contribution >= 0.6 is 0 Å². The van der Waals surface area contributed by atoms with Crippen molar-refractivity contribution in [2.24, 2.45) is 0 Å². The first kappa shape index (κ1) is 10.7. The van der Waals surface area contributed by atoms with Crippen LogP contribution in [-0.4, -0.2) is 50.1 Å². The van der Waals surface area contributed by atoms with Crippen LogP contribution in [0.4, 0.5) is 0 Å². The van der Waals surface area contributed by atoms with Gasteiger partial charge in [0.25, 0.3) is 0 Å². The molecule has 0 aliphatic carbocycles. The van der Waals surface area contributed by atoms with Gasteiger partial charge in [-0.2, -0.15) is 0 Å². The lowest BCUT2D eigenvalue weighted by molar-refractivity contribution is -0.140. The minimum absolute atomic E-state index is 0.137. The molecule has 6 nitrogen and oxygen atoms in total. The van der Waals surface area contributed by atoms with Crippen LogP contribution < -0.4 is 0 Å². The van der Waals surface area contributed by atoms with E-state index in [4.69, 9.17) is 14.2 Å². The van der Waals surface area contributed by atoms with Crippen LogP contribution in [-0.2, 0) is 28.5 Å². The Labute approximate surface area is 97.5 Å². The van der Waals surface area contributed by atoms with Gasteiger partial charge >= 0.3 is 11.9 Å². The summed E-state index contributed by atoms with van der Waals surface area (Å²) in [4.78, 5) is 23.5. The average molecular weight is 240 g/mol. The summed E-state index contributed by atoms with van der Waals surface area (Å²) in [6.45, 7) is 1.74. The molecule has 0 radical (unpaired) electrons. The van der Waals surface area contributed by atoms with Crippen LogP contribution in [0, 0.1) is 0 Å². The predicted molar refractivity (Wildman–Crippen MR) is 53.0 cm³/mol. The van der Waals surface area contributed by atoms with Crippen molar-refractivity contribution < 1.29 is 28.5 Å². The third-order valence-electron chi connectivity index (χ3n) is 3.58. The molecule has 17 heavy (non-hydrogen) atoms. The number of rotatable bonds is 2. The molecule has 0 spiro atoms. The lowest BCUT2D eigenvalue weighted by Crippen LogP contribution is -2.37. The minimum atomic E-state index is -0.883. The maximum Gasteiger partial charge on any atom is 0.337 e. The van der Waals surface area contributed by atoms with Gasteiger partial charge in [-0.3, -0.25) is 0 Å². The fourth-order valence-electron chi connectivity index (χ4n) is 2.77. The Kier molecular flexibility index (Phi) is 1.95. The molecule has 6 heteroatoms. The van der Waals surface area contributed by atoms with E-state index in [1.165, 1.54) is 14.2 Å². The van der Waals surface area contributed by atoms with Gasteiger partial charge < -0.3 is 18.9 Å². The Balaban J connectivity index is 2.11. The second-order valence-corrected chi connectivity index (χ2v) is 4.44. The van der Waals surface area contributed by atoms with E-state index in [0.717, 1.165) is 0 Å². The molecule has 0 saturated carbocycles. The van der Waals surface area contributed by atoms with Gasteiger partial charge in [0.2, 0.25) is 0 Å². The van der Waals surface area contributed by atoms with Crippen LogP contribution in [0.3, 0.4) is 0 Å². The normalized spacial score (nSPS) is 41.2. The second kappa shape index (κ2) is 3.08. The van der Waals surface area contributed by atoms with Crippen molar-refractivity contribution in [3.8, 4) is 0 Å². The Morgan fingerprint density at radius 1 is 1.24 bits per heavy atom. The molecule has 3 aliphatic heterocycles. The number of hydrogen-bond donors (Lipinski definition) is 0. The standard InChI is InChI=1S/C11H12O6/c1-11-5(10(13)15-3)4(9(12)14-2)6(17-11)7-8(11)16-7/h6-8H,1-3H3/t6-,7-,8-,11-/m0/s1. The zero-order valence-electron chi connectivity index (χ0n) is 9.68. The van der Waals surface area contributed by atoms with Gasteiger partial charge in [0.15, 0.2) is 0 Å². The van der Waals surface area contributed by atoms with Crippen molar-refractivity contribution in [2.75, 3.05) is 14.2 Å². The summed E-state index contributed by atoms with van der Waals surface area (Å²) in [5, 5.41) is 0. The highest BCUT2D eigenvalue weighted by Crippen LogP contribution is 2.57. The van der Waals surface area contributed by atoms with E-state index in [2.05, 4.69) is 4.74 Å². The molecule has 2 saturated heterocycles. The molecule has 3 aliphatic rings. The smallest absolute Gasteiger partial charge is 0.337 e. The number of ether oxygens (including phenoxy) is 4. The maximum atomic E-state index is 11.8. The average Bonchev–Trinajstić information content (AvgIpc) is 3.02. The van der Waals surface area contributed by atoms with E-state index in [0.29, 0.717) is 0 Å². The Hall–Kier alpha value is -1.40. The third-order valence-corrected chi connectivity index (χ3v) is 3.58. The number of fused-ring (bicyclic) bond motifs is 5. The number of esters is 2. The van der Waals surface area contributed by atoms with Crippen molar-refractivity contribution in [1.29, 1.82) is 0 Å². The fraction of sp³-hybridized carbons (Fsp3) is 0.636. The molecule has 0 aromatic rings. The molecule has 0 N–H and O–H groups in total.